The highest BCUT2D eigenvalue weighted by molar-refractivity contribution is 5.97. The molecule has 2 saturated heterocycles. The van der Waals surface area contributed by atoms with Gasteiger partial charge in [0.25, 0.3) is 5.91 Å². The van der Waals surface area contributed by atoms with E-state index in [4.69, 9.17) is 9.47 Å². The molecule has 1 N–H and O–H groups in total. The third-order valence-electron chi connectivity index (χ3n) is 4.16. The van der Waals surface area contributed by atoms with Gasteiger partial charge in [-0.05, 0) is 31.0 Å². The van der Waals surface area contributed by atoms with Gasteiger partial charge in [0.2, 0.25) is 0 Å². The quantitative estimate of drug-likeness (QED) is 0.916. The van der Waals surface area contributed by atoms with Crippen LogP contribution in [0.4, 0.5) is 24.5 Å². The summed E-state index contributed by atoms with van der Waals surface area (Å²) in [4.78, 5) is 14.2. The molecule has 0 bridgehead atoms. The Bertz CT molecular complexity index is 595. The largest absolute Gasteiger partial charge is 0.416 e. The maximum Gasteiger partial charge on any atom is 0.416 e. The fraction of sp³-hybridized carbons (Fsp3) is 0.562. The van der Waals surface area contributed by atoms with Crippen LogP contribution in [0.3, 0.4) is 0 Å². The van der Waals surface area contributed by atoms with Crippen molar-refractivity contribution in [3.05, 3.63) is 23.8 Å². The number of amides is 1. The van der Waals surface area contributed by atoms with Gasteiger partial charge < -0.3 is 19.7 Å². The first-order valence-electron chi connectivity index (χ1n) is 7.91. The van der Waals surface area contributed by atoms with Crippen LogP contribution in [0, 0.1) is 0 Å². The van der Waals surface area contributed by atoms with Gasteiger partial charge in [-0.15, -0.1) is 0 Å². The van der Waals surface area contributed by atoms with Crippen LogP contribution in [0.1, 0.15) is 18.4 Å². The zero-order chi connectivity index (χ0) is 17.2. The summed E-state index contributed by atoms with van der Waals surface area (Å²) in [5.41, 5.74) is -0.0629. The van der Waals surface area contributed by atoms with Crippen molar-refractivity contribution in [3.8, 4) is 0 Å². The van der Waals surface area contributed by atoms with Crippen LogP contribution in [0.5, 0.6) is 0 Å². The lowest BCUT2D eigenvalue weighted by atomic mass is 10.1. The summed E-state index contributed by atoms with van der Waals surface area (Å²) in [6.45, 7) is 2.62. The number of morpholine rings is 1. The first-order chi connectivity index (χ1) is 11.4. The molecule has 0 aromatic heterocycles. The molecule has 24 heavy (non-hydrogen) atoms. The van der Waals surface area contributed by atoms with Crippen LogP contribution in [-0.4, -0.2) is 44.9 Å². The molecule has 1 amide bonds. The highest BCUT2D eigenvalue weighted by Crippen LogP contribution is 2.36. The third kappa shape index (κ3) is 3.81. The van der Waals surface area contributed by atoms with Crippen LogP contribution in [-0.2, 0) is 20.4 Å². The van der Waals surface area contributed by atoms with Crippen molar-refractivity contribution in [1.82, 2.24) is 0 Å². The molecule has 3 rings (SSSR count). The van der Waals surface area contributed by atoms with E-state index in [0.717, 1.165) is 18.6 Å². The Hall–Kier alpha value is -1.80. The van der Waals surface area contributed by atoms with Crippen LogP contribution in [0.15, 0.2) is 18.2 Å². The molecule has 0 radical (unpaired) electrons. The zero-order valence-electron chi connectivity index (χ0n) is 13.1. The molecule has 0 unspecified atom stereocenters. The van der Waals surface area contributed by atoms with Gasteiger partial charge in [0.1, 0.15) is 6.10 Å². The summed E-state index contributed by atoms with van der Waals surface area (Å²) >= 11 is 0. The summed E-state index contributed by atoms with van der Waals surface area (Å²) < 4.78 is 49.6. The standard InChI is InChI=1S/C16H19F3N2O3/c17-16(18,19)11-3-4-13(21-5-8-23-9-6-21)12(10-11)20-15(22)14-2-1-7-24-14/h3-4,10,14H,1-2,5-9H2,(H,20,22)/t14-/m1/s1. The van der Waals surface area contributed by atoms with Crippen molar-refractivity contribution in [2.24, 2.45) is 0 Å². The summed E-state index contributed by atoms with van der Waals surface area (Å²) in [5.74, 6) is -0.402. The van der Waals surface area contributed by atoms with E-state index in [0.29, 0.717) is 45.0 Å². The van der Waals surface area contributed by atoms with Crippen molar-refractivity contribution in [2.45, 2.75) is 25.1 Å². The van der Waals surface area contributed by atoms with Crippen molar-refractivity contribution in [3.63, 3.8) is 0 Å². The monoisotopic (exact) mass is 344 g/mol. The number of alkyl halides is 3. The fourth-order valence-electron chi connectivity index (χ4n) is 2.89. The molecule has 0 spiro atoms. The van der Waals surface area contributed by atoms with Gasteiger partial charge in [-0.3, -0.25) is 4.79 Å². The molecule has 1 atom stereocenters. The fourth-order valence-corrected chi connectivity index (χ4v) is 2.89. The average molecular weight is 344 g/mol. The molecular weight excluding hydrogens is 325 g/mol. The molecule has 2 heterocycles. The van der Waals surface area contributed by atoms with Crippen molar-refractivity contribution >= 4 is 17.3 Å². The number of hydrogen-bond donors (Lipinski definition) is 1. The minimum Gasteiger partial charge on any atom is -0.378 e. The third-order valence-corrected chi connectivity index (χ3v) is 4.16. The summed E-state index contributed by atoms with van der Waals surface area (Å²) in [6.07, 6.45) is -3.71. The minimum atomic E-state index is -4.47. The maximum atomic E-state index is 13.0. The first-order valence-corrected chi connectivity index (χ1v) is 7.91. The van der Waals surface area contributed by atoms with Gasteiger partial charge in [-0.1, -0.05) is 0 Å². The number of carbonyl (C=O) groups is 1. The van der Waals surface area contributed by atoms with E-state index < -0.39 is 23.8 Å². The van der Waals surface area contributed by atoms with Crippen LogP contribution >= 0.6 is 0 Å². The Morgan fingerprint density at radius 1 is 1.21 bits per heavy atom. The van der Waals surface area contributed by atoms with E-state index in [1.807, 2.05) is 4.90 Å². The van der Waals surface area contributed by atoms with Gasteiger partial charge in [-0.25, -0.2) is 0 Å². The molecule has 2 fully saturated rings. The minimum absolute atomic E-state index is 0.159. The number of halogens is 3. The predicted octanol–water partition coefficient (Wildman–Crippen LogP) is 2.66. The summed E-state index contributed by atoms with van der Waals surface area (Å²) in [5, 5.41) is 2.62. The normalized spacial score (nSPS) is 21.8. The van der Waals surface area contributed by atoms with Crippen molar-refractivity contribution in [1.29, 1.82) is 0 Å². The second kappa shape index (κ2) is 6.98. The highest BCUT2D eigenvalue weighted by atomic mass is 19.4. The molecule has 5 nitrogen and oxygen atoms in total. The maximum absolute atomic E-state index is 13.0. The zero-order valence-corrected chi connectivity index (χ0v) is 13.1. The number of anilines is 2. The Morgan fingerprint density at radius 2 is 1.96 bits per heavy atom. The smallest absolute Gasteiger partial charge is 0.378 e. The van der Waals surface area contributed by atoms with Gasteiger partial charge in [0.05, 0.1) is 30.2 Å². The van der Waals surface area contributed by atoms with Gasteiger partial charge in [0, 0.05) is 19.7 Å². The summed E-state index contributed by atoms with van der Waals surface area (Å²) in [6, 6.07) is 3.42. The van der Waals surface area contributed by atoms with Gasteiger partial charge >= 0.3 is 6.18 Å². The number of hydrogen-bond acceptors (Lipinski definition) is 4. The van der Waals surface area contributed by atoms with Crippen LogP contribution in [0.2, 0.25) is 0 Å². The molecule has 2 aliphatic rings. The molecule has 132 valence electrons. The molecule has 0 saturated carbocycles. The number of ether oxygens (including phenoxy) is 2. The molecule has 0 aliphatic carbocycles. The number of benzene rings is 1. The Labute approximate surface area is 137 Å². The number of carbonyl (C=O) groups excluding carboxylic acids is 1. The molecule has 1 aromatic carbocycles. The van der Waals surface area contributed by atoms with E-state index in [9.17, 15) is 18.0 Å². The lowest BCUT2D eigenvalue weighted by molar-refractivity contribution is -0.137. The molecule has 2 aliphatic heterocycles. The Kier molecular flexibility index (Phi) is 4.96. The van der Waals surface area contributed by atoms with E-state index in [1.165, 1.54) is 6.07 Å². The molecule has 1 aromatic rings. The first kappa shape index (κ1) is 17.0. The molecular formula is C16H19F3N2O3. The lowest BCUT2D eigenvalue weighted by Gasteiger charge is -2.31. The van der Waals surface area contributed by atoms with Crippen molar-refractivity contribution in [2.75, 3.05) is 43.1 Å². The van der Waals surface area contributed by atoms with Gasteiger partial charge in [0.15, 0.2) is 0 Å². The second-order valence-electron chi connectivity index (χ2n) is 5.82. The van der Waals surface area contributed by atoms with Crippen LogP contribution < -0.4 is 10.2 Å². The van der Waals surface area contributed by atoms with Crippen LogP contribution in [0.25, 0.3) is 0 Å². The topological polar surface area (TPSA) is 50.8 Å². The number of nitrogens with zero attached hydrogens (tertiary/aromatic N) is 1. The SMILES string of the molecule is O=C(Nc1cc(C(F)(F)F)ccc1N1CCOCC1)[C@H]1CCCO1. The summed E-state index contributed by atoms with van der Waals surface area (Å²) in [7, 11) is 0. The Balaban J connectivity index is 1.87. The average Bonchev–Trinajstić information content (AvgIpc) is 3.09. The lowest BCUT2D eigenvalue weighted by Crippen LogP contribution is -2.37. The number of rotatable bonds is 3. The van der Waals surface area contributed by atoms with E-state index >= 15 is 0 Å². The van der Waals surface area contributed by atoms with E-state index in [2.05, 4.69) is 5.32 Å². The van der Waals surface area contributed by atoms with E-state index in [-0.39, 0.29) is 5.69 Å². The highest BCUT2D eigenvalue weighted by Gasteiger charge is 2.32. The second-order valence-corrected chi connectivity index (χ2v) is 5.82. The number of nitrogens with one attached hydrogen (secondary N) is 1. The van der Waals surface area contributed by atoms with Crippen molar-refractivity contribution < 1.29 is 27.4 Å². The van der Waals surface area contributed by atoms with Gasteiger partial charge in [-0.2, -0.15) is 13.2 Å². The Morgan fingerprint density at radius 3 is 2.58 bits per heavy atom. The van der Waals surface area contributed by atoms with E-state index in [1.54, 1.807) is 0 Å². The predicted molar refractivity (Wildman–Crippen MR) is 82.1 cm³/mol. The molecule has 8 heteroatoms.